The van der Waals surface area contributed by atoms with Crippen molar-refractivity contribution in [1.29, 1.82) is 0 Å². The Morgan fingerprint density at radius 2 is 1.69 bits per heavy atom. The quantitative estimate of drug-likeness (QED) is 0.376. The van der Waals surface area contributed by atoms with Crippen molar-refractivity contribution in [3.63, 3.8) is 0 Å². The zero-order valence-corrected chi connectivity index (χ0v) is 20.8. The number of halogens is 4. The number of carbonyl (C=O) groups is 1. The highest BCUT2D eigenvalue weighted by Crippen LogP contribution is 2.37. The van der Waals surface area contributed by atoms with Crippen LogP contribution in [-0.4, -0.2) is 43.1 Å². The summed E-state index contributed by atoms with van der Waals surface area (Å²) in [6.45, 7) is 3.99. The zero-order valence-electron chi connectivity index (χ0n) is 19.3. The van der Waals surface area contributed by atoms with Crippen LogP contribution in [0.1, 0.15) is 11.1 Å². The molecule has 3 aromatic carbocycles. The van der Waals surface area contributed by atoms with Gasteiger partial charge in [0.15, 0.2) is 0 Å². The Kier molecular flexibility index (Phi) is 7.05. The molecule has 2 aliphatic heterocycles. The second-order valence-corrected chi connectivity index (χ2v) is 10.3. The predicted molar refractivity (Wildman–Crippen MR) is 139 cm³/mol. The van der Waals surface area contributed by atoms with E-state index < -0.39 is 17.8 Å². The Morgan fingerprint density at radius 3 is 2.44 bits per heavy atom. The summed E-state index contributed by atoms with van der Waals surface area (Å²) in [5.74, 6) is 0. The molecule has 5 rings (SSSR count). The van der Waals surface area contributed by atoms with Gasteiger partial charge in [-0.1, -0.05) is 29.8 Å². The van der Waals surface area contributed by atoms with Gasteiger partial charge in [0.05, 0.1) is 11.3 Å². The van der Waals surface area contributed by atoms with Crippen molar-refractivity contribution in [3.8, 4) is 0 Å². The van der Waals surface area contributed by atoms with E-state index in [4.69, 9.17) is 11.6 Å². The molecule has 0 aliphatic carbocycles. The fourth-order valence-corrected chi connectivity index (χ4v) is 5.68. The lowest BCUT2D eigenvalue weighted by molar-refractivity contribution is -0.136. The molecule has 0 bridgehead atoms. The maximum atomic E-state index is 13.3. The number of nitrogens with zero attached hydrogens (tertiary/aromatic N) is 3. The molecule has 1 N–H and O–H groups in total. The first-order valence-corrected chi connectivity index (χ1v) is 12.7. The number of rotatable bonds is 4. The smallest absolute Gasteiger partial charge is 0.369 e. The lowest BCUT2D eigenvalue weighted by Gasteiger charge is -2.35. The van der Waals surface area contributed by atoms with Gasteiger partial charge >= 0.3 is 12.2 Å². The van der Waals surface area contributed by atoms with Gasteiger partial charge in [-0.05, 0) is 72.5 Å². The maximum Gasteiger partial charge on any atom is 0.418 e. The summed E-state index contributed by atoms with van der Waals surface area (Å²) >= 11 is 7.81. The van der Waals surface area contributed by atoms with Gasteiger partial charge in [-0.15, -0.1) is 0 Å². The lowest BCUT2D eigenvalue weighted by atomic mass is 10.1. The van der Waals surface area contributed by atoms with Gasteiger partial charge in [0.25, 0.3) is 0 Å². The SMILES string of the molecule is O=C(Nc1ccccc1C(F)(F)F)N1CCc2cc(SN3CCN(c4cccc(Cl)c4)CC3)ccc21. The van der Waals surface area contributed by atoms with Gasteiger partial charge in [0.2, 0.25) is 0 Å². The Morgan fingerprint density at radius 1 is 0.917 bits per heavy atom. The van der Waals surface area contributed by atoms with E-state index in [1.165, 1.54) is 23.1 Å². The summed E-state index contributed by atoms with van der Waals surface area (Å²) in [6, 6.07) is 18.2. The van der Waals surface area contributed by atoms with E-state index in [0.717, 1.165) is 59.1 Å². The first kappa shape index (κ1) is 24.8. The molecule has 3 aromatic rings. The highest BCUT2D eigenvalue weighted by molar-refractivity contribution is 7.97. The van der Waals surface area contributed by atoms with Crippen LogP contribution >= 0.6 is 23.5 Å². The van der Waals surface area contributed by atoms with E-state index in [2.05, 4.69) is 26.7 Å². The second-order valence-electron chi connectivity index (χ2n) is 8.65. The van der Waals surface area contributed by atoms with Crippen molar-refractivity contribution in [3.05, 3.63) is 82.9 Å². The van der Waals surface area contributed by atoms with Gasteiger partial charge in [0.1, 0.15) is 0 Å². The molecule has 0 saturated carbocycles. The van der Waals surface area contributed by atoms with Gasteiger partial charge in [0, 0.05) is 54.0 Å². The minimum absolute atomic E-state index is 0.243. The summed E-state index contributed by atoms with van der Waals surface area (Å²) < 4.78 is 42.2. The monoisotopic (exact) mass is 532 g/mol. The molecule has 1 fully saturated rings. The average molecular weight is 533 g/mol. The second kappa shape index (κ2) is 10.2. The normalized spacial score (nSPS) is 16.2. The minimum atomic E-state index is -4.54. The summed E-state index contributed by atoms with van der Waals surface area (Å²) in [5, 5.41) is 3.17. The zero-order chi connectivity index (χ0) is 25.3. The van der Waals surface area contributed by atoms with E-state index >= 15 is 0 Å². The van der Waals surface area contributed by atoms with Crippen LogP contribution in [0.4, 0.5) is 35.0 Å². The predicted octanol–water partition coefficient (Wildman–Crippen LogP) is 6.78. The van der Waals surface area contributed by atoms with Crippen LogP contribution in [0.15, 0.2) is 71.6 Å². The molecule has 0 unspecified atom stereocenters. The molecular weight excluding hydrogens is 509 g/mol. The number of amides is 2. The fraction of sp³-hybridized carbons (Fsp3) is 0.269. The first-order valence-electron chi connectivity index (χ1n) is 11.6. The molecule has 188 valence electrons. The van der Waals surface area contributed by atoms with Gasteiger partial charge in [-0.3, -0.25) is 4.90 Å². The summed E-state index contributed by atoms with van der Waals surface area (Å²) in [4.78, 5) is 17.7. The highest BCUT2D eigenvalue weighted by Gasteiger charge is 2.34. The van der Waals surface area contributed by atoms with Crippen molar-refractivity contribution in [2.24, 2.45) is 0 Å². The number of nitrogens with one attached hydrogen (secondary N) is 1. The van der Waals surface area contributed by atoms with E-state index in [1.807, 2.05) is 30.3 Å². The number of anilines is 3. The summed E-state index contributed by atoms with van der Waals surface area (Å²) in [6.07, 6.45) is -3.89. The fourth-order valence-electron chi connectivity index (χ4n) is 4.53. The van der Waals surface area contributed by atoms with E-state index in [0.29, 0.717) is 13.0 Å². The van der Waals surface area contributed by atoms with Crippen LogP contribution < -0.4 is 15.1 Å². The number of hydrogen-bond donors (Lipinski definition) is 1. The molecule has 2 heterocycles. The Balaban J connectivity index is 1.21. The van der Waals surface area contributed by atoms with Crippen LogP contribution in [0.5, 0.6) is 0 Å². The van der Waals surface area contributed by atoms with E-state index in [1.54, 1.807) is 11.9 Å². The van der Waals surface area contributed by atoms with Crippen molar-refractivity contribution in [1.82, 2.24) is 4.31 Å². The minimum Gasteiger partial charge on any atom is -0.369 e. The van der Waals surface area contributed by atoms with E-state index in [9.17, 15) is 18.0 Å². The topological polar surface area (TPSA) is 38.8 Å². The van der Waals surface area contributed by atoms with Crippen LogP contribution in [-0.2, 0) is 12.6 Å². The molecule has 2 aliphatic rings. The number of hydrogen-bond acceptors (Lipinski definition) is 4. The third-order valence-corrected chi connectivity index (χ3v) is 7.64. The lowest BCUT2D eigenvalue weighted by Crippen LogP contribution is -2.43. The van der Waals surface area contributed by atoms with Crippen LogP contribution in [0.2, 0.25) is 5.02 Å². The molecule has 0 radical (unpaired) electrons. The number of alkyl halides is 3. The molecule has 1 saturated heterocycles. The summed E-state index contributed by atoms with van der Waals surface area (Å²) in [5.41, 5.74) is 1.76. The van der Waals surface area contributed by atoms with Crippen molar-refractivity contribution in [2.75, 3.05) is 47.8 Å². The molecule has 0 atom stereocenters. The van der Waals surface area contributed by atoms with Crippen molar-refractivity contribution < 1.29 is 18.0 Å². The molecule has 36 heavy (non-hydrogen) atoms. The molecule has 0 aromatic heterocycles. The molecule has 10 heteroatoms. The van der Waals surface area contributed by atoms with Crippen LogP contribution in [0.25, 0.3) is 0 Å². The number of para-hydroxylation sites is 1. The Bertz CT molecular complexity index is 1260. The number of carbonyl (C=O) groups excluding carboxylic acids is 1. The third-order valence-electron chi connectivity index (χ3n) is 6.31. The van der Waals surface area contributed by atoms with Crippen molar-refractivity contribution >= 4 is 46.6 Å². The van der Waals surface area contributed by atoms with Gasteiger partial charge in [-0.25, -0.2) is 9.10 Å². The molecule has 0 spiro atoms. The van der Waals surface area contributed by atoms with Crippen molar-refractivity contribution in [2.45, 2.75) is 17.5 Å². The standard InChI is InChI=1S/C26H24ClF3N4OS/c27-19-4-3-5-20(17-19)32-12-14-33(15-13-32)36-21-8-9-24-18(16-21)10-11-34(24)25(35)31-23-7-2-1-6-22(23)26(28,29)30/h1-9,16-17H,10-15H2,(H,31,35). The molecule has 2 amide bonds. The maximum absolute atomic E-state index is 13.3. The van der Waals surface area contributed by atoms with Gasteiger partial charge < -0.3 is 10.2 Å². The first-order chi connectivity index (χ1) is 17.3. The highest BCUT2D eigenvalue weighted by atomic mass is 35.5. The number of urea groups is 1. The summed E-state index contributed by atoms with van der Waals surface area (Å²) in [7, 11) is 0. The van der Waals surface area contributed by atoms with Crippen LogP contribution in [0.3, 0.4) is 0 Å². The Hall–Kier alpha value is -2.88. The molecule has 5 nitrogen and oxygen atoms in total. The average Bonchev–Trinajstić information content (AvgIpc) is 3.28. The number of benzene rings is 3. The van der Waals surface area contributed by atoms with Crippen LogP contribution in [0, 0.1) is 0 Å². The number of piperazine rings is 1. The van der Waals surface area contributed by atoms with E-state index in [-0.39, 0.29) is 5.69 Å². The largest absolute Gasteiger partial charge is 0.418 e. The third kappa shape index (κ3) is 5.43. The molecular formula is C26H24ClF3N4OS. The Labute approximate surface area is 217 Å². The number of fused-ring (bicyclic) bond motifs is 1. The van der Waals surface area contributed by atoms with Gasteiger partial charge in [-0.2, -0.15) is 13.2 Å².